The summed E-state index contributed by atoms with van der Waals surface area (Å²) in [7, 11) is 0. The van der Waals surface area contributed by atoms with E-state index in [1.165, 1.54) is 12.1 Å². The maximum absolute atomic E-state index is 13.9. The van der Waals surface area contributed by atoms with E-state index in [2.05, 4.69) is 0 Å². The summed E-state index contributed by atoms with van der Waals surface area (Å²) in [6, 6.07) is 11.2. The van der Waals surface area contributed by atoms with E-state index in [0.717, 1.165) is 0 Å². The second-order valence-corrected chi connectivity index (χ2v) is 8.04. The molecule has 0 aromatic heterocycles. The number of carbonyl (C=O) groups excluding carboxylic acids is 3. The van der Waals surface area contributed by atoms with Crippen LogP contribution >= 0.6 is 0 Å². The minimum atomic E-state index is -0.552. The van der Waals surface area contributed by atoms with Crippen molar-refractivity contribution in [3.8, 4) is 11.5 Å². The van der Waals surface area contributed by atoms with Crippen LogP contribution < -0.4 is 14.4 Å². The third-order valence-corrected chi connectivity index (χ3v) is 6.12. The van der Waals surface area contributed by atoms with Crippen molar-refractivity contribution in [3.63, 3.8) is 0 Å². The molecular formula is C23H22FN3O5. The Morgan fingerprint density at radius 3 is 2.44 bits per heavy atom. The standard InChI is InChI=1S/C23H22FN3O5/c24-18-4-2-1-3-17(18)23(30)26-9-7-25(8-10-26)22(29)15-11-21(28)27(13-15)16-5-6-19-20(12-16)32-14-31-19/h1-6,12,15H,7-11,13-14H2. The van der Waals surface area contributed by atoms with Gasteiger partial charge in [-0.1, -0.05) is 12.1 Å². The van der Waals surface area contributed by atoms with Crippen LogP contribution in [0, 0.1) is 11.7 Å². The quantitative estimate of drug-likeness (QED) is 0.730. The number of halogens is 1. The Morgan fingerprint density at radius 1 is 0.938 bits per heavy atom. The number of hydrogen-bond acceptors (Lipinski definition) is 5. The van der Waals surface area contributed by atoms with E-state index in [1.807, 2.05) is 0 Å². The number of fused-ring (bicyclic) bond motifs is 1. The zero-order valence-electron chi connectivity index (χ0n) is 17.3. The molecule has 0 spiro atoms. The monoisotopic (exact) mass is 439 g/mol. The maximum Gasteiger partial charge on any atom is 0.256 e. The number of rotatable bonds is 3. The van der Waals surface area contributed by atoms with Crippen LogP contribution in [0.5, 0.6) is 11.5 Å². The molecule has 5 rings (SSSR count). The highest BCUT2D eigenvalue weighted by Gasteiger charge is 2.38. The second kappa shape index (κ2) is 8.14. The van der Waals surface area contributed by atoms with Gasteiger partial charge in [-0.15, -0.1) is 0 Å². The van der Waals surface area contributed by atoms with Crippen LogP contribution in [0.2, 0.25) is 0 Å². The van der Waals surface area contributed by atoms with Gasteiger partial charge in [-0.05, 0) is 24.3 Å². The Hall–Kier alpha value is -3.62. The van der Waals surface area contributed by atoms with Gasteiger partial charge in [0.15, 0.2) is 11.5 Å². The summed E-state index contributed by atoms with van der Waals surface area (Å²) in [5, 5.41) is 0. The third kappa shape index (κ3) is 3.63. The number of hydrogen-bond donors (Lipinski definition) is 0. The molecular weight excluding hydrogens is 417 g/mol. The molecule has 0 saturated carbocycles. The first-order valence-corrected chi connectivity index (χ1v) is 10.5. The molecule has 2 aromatic rings. The minimum Gasteiger partial charge on any atom is -0.454 e. The SMILES string of the molecule is O=C(c1ccccc1F)N1CCN(C(=O)C2CC(=O)N(c3ccc4c(c3)OCO4)C2)CC1. The van der Waals surface area contributed by atoms with Crippen LogP contribution in [0.3, 0.4) is 0 Å². The topological polar surface area (TPSA) is 79.4 Å². The van der Waals surface area contributed by atoms with E-state index in [0.29, 0.717) is 49.9 Å². The third-order valence-electron chi connectivity index (χ3n) is 6.12. The van der Waals surface area contributed by atoms with E-state index >= 15 is 0 Å². The first kappa shape index (κ1) is 20.3. The number of ether oxygens (including phenoxy) is 2. The summed E-state index contributed by atoms with van der Waals surface area (Å²) in [5.41, 5.74) is 0.711. The average Bonchev–Trinajstić information content (AvgIpc) is 3.44. The molecule has 1 unspecified atom stereocenters. The van der Waals surface area contributed by atoms with Gasteiger partial charge in [0, 0.05) is 50.9 Å². The fraction of sp³-hybridized carbons (Fsp3) is 0.348. The van der Waals surface area contributed by atoms with Gasteiger partial charge < -0.3 is 24.2 Å². The highest BCUT2D eigenvalue weighted by Crippen LogP contribution is 2.37. The van der Waals surface area contributed by atoms with Crippen molar-refractivity contribution < 1.29 is 28.2 Å². The second-order valence-electron chi connectivity index (χ2n) is 8.04. The largest absolute Gasteiger partial charge is 0.454 e. The fourth-order valence-electron chi connectivity index (χ4n) is 4.37. The number of carbonyl (C=O) groups is 3. The molecule has 1 atom stereocenters. The molecule has 2 saturated heterocycles. The Bertz CT molecular complexity index is 1080. The van der Waals surface area contributed by atoms with E-state index in [1.54, 1.807) is 45.0 Å². The number of nitrogens with zero attached hydrogens (tertiary/aromatic N) is 3. The molecule has 2 fully saturated rings. The minimum absolute atomic E-state index is 0.0352. The summed E-state index contributed by atoms with van der Waals surface area (Å²) >= 11 is 0. The summed E-state index contributed by atoms with van der Waals surface area (Å²) < 4.78 is 24.6. The van der Waals surface area contributed by atoms with Gasteiger partial charge >= 0.3 is 0 Å². The lowest BCUT2D eigenvalue weighted by Crippen LogP contribution is -2.52. The number of anilines is 1. The van der Waals surface area contributed by atoms with Crippen LogP contribution in [0.1, 0.15) is 16.8 Å². The van der Waals surface area contributed by atoms with Gasteiger partial charge in [-0.2, -0.15) is 0 Å². The van der Waals surface area contributed by atoms with E-state index in [4.69, 9.17) is 9.47 Å². The average molecular weight is 439 g/mol. The highest BCUT2D eigenvalue weighted by atomic mass is 19.1. The molecule has 2 aromatic carbocycles. The summed E-state index contributed by atoms with van der Waals surface area (Å²) in [6.45, 7) is 1.81. The molecule has 9 heteroatoms. The van der Waals surface area contributed by atoms with Crippen molar-refractivity contribution in [3.05, 3.63) is 53.8 Å². The van der Waals surface area contributed by atoms with Crippen molar-refractivity contribution in [1.82, 2.24) is 9.80 Å². The summed E-state index contributed by atoms with van der Waals surface area (Å²) in [5.74, 6) is -0.363. The maximum atomic E-state index is 13.9. The molecule has 8 nitrogen and oxygen atoms in total. The predicted molar refractivity (Wildman–Crippen MR) is 112 cm³/mol. The number of piperazine rings is 1. The van der Waals surface area contributed by atoms with Gasteiger partial charge in [0.1, 0.15) is 5.82 Å². The Balaban J connectivity index is 1.20. The van der Waals surface area contributed by atoms with Crippen LogP contribution in [-0.4, -0.2) is 67.0 Å². The lowest BCUT2D eigenvalue weighted by atomic mass is 10.1. The first-order valence-electron chi connectivity index (χ1n) is 10.5. The normalized spacial score (nSPS) is 20.1. The molecule has 32 heavy (non-hydrogen) atoms. The van der Waals surface area contributed by atoms with Gasteiger partial charge in [0.2, 0.25) is 18.6 Å². The van der Waals surface area contributed by atoms with Gasteiger partial charge in [0.25, 0.3) is 5.91 Å². The van der Waals surface area contributed by atoms with Crippen LogP contribution in [0.25, 0.3) is 0 Å². The Labute approximate surface area is 184 Å². The van der Waals surface area contributed by atoms with Crippen molar-refractivity contribution in [2.45, 2.75) is 6.42 Å². The zero-order valence-corrected chi connectivity index (χ0v) is 17.3. The molecule has 3 aliphatic rings. The highest BCUT2D eigenvalue weighted by molar-refractivity contribution is 6.00. The van der Waals surface area contributed by atoms with E-state index in [-0.39, 0.29) is 36.5 Å². The van der Waals surface area contributed by atoms with E-state index < -0.39 is 11.7 Å². The Morgan fingerprint density at radius 2 is 1.66 bits per heavy atom. The molecule has 3 heterocycles. The molecule has 0 aliphatic carbocycles. The lowest BCUT2D eigenvalue weighted by molar-refractivity contribution is -0.137. The van der Waals surface area contributed by atoms with Crippen molar-refractivity contribution in [1.29, 1.82) is 0 Å². The first-order chi connectivity index (χ1) is 15.5. The molecule has 0 bridgehead atoms. The van der Waals surface area contributed by atoms with Crippen LogP contribution in [-0.2, 0) is 9.59 Å². The Kier molecular flexibility index (Phi) is 5.16. The van der Waals surface area contributed by atoms with Gasteiger partial charge in [-0.25, -0.2) is 4.39 Å². The molecule has 3 amide bonds. The molecule has 3 aliphatic heterocycles. The lowest BCUT2D eigenvalue weighted by Gasteiger charge is -2.36. The van der Waals surface area contributed by atoms with Crippen LogP contribution in [0.4, 0.5) is 10.1 Å². The van der Waals surface area contributed by atoms with Gasteiger partial charge in [-0.3, -0.25) is 14.4 Å². The van der Waals surface area contributed by atoms with Crippen molar-refractivity contribution >= 4 is 23.4 Å². The molecule has 0 N–H and O–H groups in total. The predicted octanol–water partition coefficient (Wildman–Crippen LogP) is 1.89. The summed E-state index contributed by atoms with van der Waals surface area (Å²) in [6.07, 6.45) is 0.141. The van der Waals surface area contributed by atoms with E-state index in [9.17, 15) is 18.8 Å². The summed E-state index contributed by atoms with van der Waals surface area (Å²) in [4.78, 5) is 43.1. The van der Waals surface area contributed by atoms with Crippen LogP contribution in [0.15, 0.2) is 42.5 Å². The smallest absolute Gasteiger partial charge is 0.256 e. The zero-order chi connectivity index (χ0) is 22.2. The molecule has 0 radical (unpaired) electrons. The molecule has 166 valence electrons. The van der Waals surface area contributed by atoms with Crippen molar-refractivity contribution in [2.75, 3.05) is 44.4 Å². The van der Waals surface area contributed by atoms with Gasteiger partial charge in [0.05, 0.1) is 11.5 Å². The fourth-order valence-corrected chi connectivity index (χ4v) is 4.37. The number of benzene rings is 2. The van der Waals surface area contributed by atoms with Crippen molar-refractivity contribution in [2.24, 2.45) is 5.92 Å². The number of amides is 3.